The van der Waals surface area contributed by atoms with Crippen LogP contribution in [0.1, 0.15) is 161 Å². The van der Waals surface area contributed by atoms with Crippen LogP contribution in [0.4, 0.5) is 0 Å². The van der Waals surface area contributed by atoms with Crippen LogP contribution in [0.25, 0.3) is 0 Å². The number of aliphatic hydroxyl groups excluding tert-OH is 1. The van der Waals surface area contributed by atoms with E-state index in [1.165, 1.54) is 57.8 Å². The first kappa shape index (κ1) is 42.1. The lowest BCUT2D eigenvalue weighted by atomic mass is 9.88. The Hall–Kier alpha value is -0.0400. The highest BCUT2D eigenvalue weighted by molar-refractivity contribution is 4.63. The van der Waals surface area contributed by atoms with Gasteiger partial charge in [-0.1, -0.05) is 148 Å². The molecule has 1 rings (SSSR count). The van der Waals surface area contributed by atoms with Gasteiger partial charge in [0.15, 0.2) is 0 Å². The summed E-state index contributed by atoms with van der Waals surface area (Å²) >= 11 is 0. The molecule has 1 nitrogen and oxygen atoms in total. The zero-order chi connectivity index (χ0) is 23.8. The van der Waals surface area contributed by atoms with Gasteiger partial charge in [-0.15, -0.1) is 0 Å². The van der Waals surface area contributed by atoms with Gasteiger partial charge in [-0.3, -0.25) is 0 Å². The molecule has 1 N–H and O–H groups in total. The van der Waals surface area contributed by atoms with Crippen molar-refractivity contribution in [2.45, 2.75) is 167 Å². The summed E-state index contributed by atoms with van der Waals surface area (Å²) in [5.74, 6) is 1.98. The summed E-state index contributed by atoms with van der Waals surface area (Å²) < 4.78 is 0. The lowest BCUT2D eigenvalue weighted by Gasteiger charge is -2.18. The van der Waals surface area contributed by atoms with Crippen molar-refractivity contribution in [1.29, 1.82) is 0 Å². The second-order valence-electron chi connectivity index (χ2n) is 7.06. The first-order valence-corrected chi connectivity index (χ1v) is 13.1. The summed E-state index contributed by atoms with van der Waals surface area (Å²) in [6.45, 7) is 29.0. The molecule has 1 aliphatic carbocycles. The third-order valence-corrected chi connectivity index (χ3v) is 3.76. The van der Waals surface area contributed by atoms with Crippen LogP contribution < -0.4 is 0 Å². The van der Waals surface area contributed by atoms with Crippen molar-refractivity contribution >= 4 is 0 Å². The Morgan fingerprint density at radius 3 is 1.14 bits per heavy atom. The Balaban J connectivity index is -0.0000000548. The van der Waals surface area contributed by atoms with E-state index in [-0.39, 0.29) is 6.10 Å². The minimum absolute atomic E-state index is 0.116. The molecule has 0 aromatic heterocycles. The summed E-state index contributed by atoms with van der Waals surface area (Å²) in [7, 11) is 0. The third-order valence-electron chi connectivity index (χ3n) is 3.76. The second-order valence-corrected chi connectivity index (χ2v) is 7.06. The maximum atomic E-state index is 8.36. The standard InChI is InChI=1S/C8H16.C6H14.C4H10O.C3H8.3C2H6/c1-2-8-6-4-3-5-7-8;1-4-5-6(2)3;1-3-4(2)5;1-3-2;3*1-2/h8H,2-7H2,1H3;6H,4-5H2,1-3H3;4-5H,3H2,1-2H3;3H2,1-2H3;3*1-2H3. The molecule has 180 valence electrons. The molecule has 1 saturated carbocycles. The Bertz CT molecular complexity index is 158. The number of hydrogen-bond donors (Lipinski definition) is 1. The van der Waals surface area contributed by atoms with Crippen LogP contribution in [0.2, 0.25) is 0 Å². The summed E-state index contributed by atoms with van der Waals surface area (Å²) in [6.07, 6.45) is 13.6. The smallest absolute Gasteiger partial charge is 0.0509 e. The summed E-state index contributed by atoms with van der Waals surface area (Å²) in [6, 6.07) is 0. The fourth-order valence-corrected chi connectivity index (χ4v) is 2.17. The van der Waals surface area contributed by atoms with E-state index in [0.717, 1.165) is 18.3 Å². The average molecular weight is 407 g/mol. The minimum Gasteiger partial charge on any atom is -0.393 e. The normalized spacial score (nSPS) is 12.9. The highest BCUT2D eigenvalue weighted by Crippen LogP contribution is 2.25. The Morgan fingerprint density at radius 1 is 0.714 bits per heavy atom. The number of hydrogen-bond acceptors (Lipinski definition) is 1. The van der Waals surface area contributed by atoms with Crippen LogP contribution in [0.5, 0.6) is 0 Å². The van der Waals surface area contributed by atoms with Crippen LogP contribution in [-0.2, 0) is 0 Å². The van der Waals surface area contributed by atoms with Gasteiger partial charge in [0.1, 0.15) is 0 Å². The predicted octanol–water partition coefficient (Wildman–Crippen LogP) is 10.7. The van der Waals surface area contributed by atoms with Gasteiger partial charge >= 0.3 is 0 Å². The molecule has 0 radical (unpaired) electrons. The van der Waals surface area contributed by atoms with Gasteiger partial charge in [-0.05, 0) is 25.2 Å². The van der Waals surface area contributed by atoms with Crippen LogP contribution in [-0.4, -0.2) is 11.2 Å². The molecule has 0 aliphatic heterocycles. The molecule has 28 heavy (non-hydrogen) atoms. The topological polar surface area (TPSA) is 20.2 Å². The molecule has 0 aromatic rings. The van der Waals surface area contributed by atoms with E-state index < -0.39 is 0 Å². The number of aliphatic hydroxyl groups is 1. The molecule has 0 bridgehead atoms. The largest absolute Gasteiger partial charge is 0.393 e. The predicted molar refractivity (Wildman–Crippen MR) is 139 cm³/mol. The van der Waals surface area contributed by atoms with Crippen molar-refractivity contribution in [2.75, 3.05) is 0 Å². The van der Waals surface area contributed by atoms with Gasteiger partial charge in [-0.2, -0.15) is 0 Å². The molecule has 1 atom stereocenters. The Kier molecular flexibility index (Phi) is 76.1. The highest BCUT2D eigenvalue weighted by Gasteiger charge is 2.09. The van der Waals surface area contributed by atoms with Crippen molar-refractivity contribution in [2.24, 2.45) is 11.8 Å². The first-order valence-electron chi connectivity index (χ1n) is 13.1. The lowest BCUT2D eigenvalue weighted by molar-refractivity contribution is 0.191. The van der Waals surface area contributed by atoms with E-state index in [1.807, 2.05) is 48.5 Å². The van der Waals surface area contributed by atoms with E-state index in [2.05, 4.69) is 41.5 Å². The number of rotatable bonds is 4. The van der Waals surface area contributed by atoms with Crippen LogP contribution in [0.15, 0.2) is 0 Å². The highest BCUT2D eigenvalue weighted by atomic mass is 16.3. The molecule has 0 aromatic carbocycles. The van der Waals surface area contributed by atoms with Crippen LogP contribution >= 0.6 is 0 Å². The van der Waals surface area contributed by atoms with Crippen molar-refractivity contribution in [3.63, 3.8) is 0 Å². The van der Waals surface area contributed by atoms with Crippen LogP contribution in [0, 0.1) is 11.8 Å². The molecular weight excluding hydrogens is 340 g/mol. The maximum absolute atomic E-state index is 8.36. The summed E-state index contributed by atoms with van der Waals surface area (Å²) in [4.78, 5) is 0. The summed E-state index contributed by atoms with van der Waals surface area (Å²) in [5, 5.41) is 8.36. The van der Waals surface area contributed by atoms with E-state index in [1.54, 1.807) is 6.92 Å². The average Bonchev–Trinajstić information content (AvgIpc) is 2.74. The van der Waals surface area contributed by atoms with Gasteiger partial charge in [0.05, 0.1) is 6.10 Å². The molecule has 1 unspecified atom stereocenters. The quantitative estimate of drug-likeness (QED) is 0.492. The zero-order valence-electron chi connectivity index (χ0n) is 23.3. The van der Waals surface area contributed by atoms with Gasteiger partial charge in [-0.25, -0.2) is 0 Å². The van der Waals surface area contributed by atoms with Gasteiger partial charge in [0.2, 0.25) is 0 Å². The molecule has 0 saturated heterocycles. The lowest BCUT2D eigenvalue weighted by Crippen LogP contribution is -2.03. The van der Waals surface area contributed by atoms with Gasteiger partial charge in [0, 0.05) is 0 Å². The summed E-state index contributed by atoms with van der Waals surface area (Å²) in [5.41, 5.74) is 0. The van der Waals surface area contributed by atoms with E-state index >= 15 is 0 Å². The van der Waals surface area contributed by atoms with E-state index in [0.29, 0.717) is 0 Å². The fraction of sp³-hybridized carbons (Fsp3) is 1.00. The Labute approximate surface area is 184 Å². The molecular formula is C27H66O. The molecule has 1 heteroatoms. The molecule has 0 amide bonds. The van der Waals surface area contributed by atoms with Gasteiger partial charge < -0.3 is 5.11 Å². The molecule has 0 spiro atoms. The first-order chi connectivity index (χ1) is 13.4. The zero-order valence-corrected chi connectivity index (χ0v) is 23.3. The maximum Gasteiger partial charge on any atom is 0.0509 e. The second kappa shape index (κ2) is 50.5. The van der Waals surface area contributed by atoms with Crippen molar-refractivity contribution in [3.05, 3.63) is 0 Å². The van der Waals surface area contributed by atoms with Crippen molar-refractivity contribution in [1.82, 2.24) is 0 Å². The fourth-order valence-electron chi connectivity index (χ4n) is 2.17. The monoisotopic (exact) mass is 407 g/mol. The van der Waals surface area contributed by atoms with Crippen molar-refractivity contribution in [3.8, 4) is 0 Å². The van der Waals surface area contributed by atoms with E-state index in [4.69, 9.17) is 5.11 Å². The molecule has 0 heterocycles. The van der Waals surface area contributed by atoms with Crippen molar-refractivity contribution < 1.29 is 5.11 Å². The van der Waals surface area contributed by atoms with Crippen LogP contribution in [0.3, 0.4) is 0 Å². The molecule has 1 fully saturated rings. The van der Waals surface area contributed by atoms with Gasteiger partial charge in [0.25, 0.3) is 0 Å². The molecule has 1 aliphatic rings. The Morgan fingerprint density at radius 2 is 1.04 bits per heavy atom. The van der Waals surface area contributed by atoms with E-state index in [9.17, 15) is 0 Å². The third kappa shape index (κ3) is 72.3. The SMILES string of the molecule is CC.CC.CC.CCC.CCC(C)O.CCC1CCCCC1.CCCC(C)C. The minimum atomic E-state index is -0.116.